The molecule has 0 saturated carbocycles. The minimum absolute atomic E-state index is 0.0513. The van der Waals surface area contributed by atoms with E-state index in [1.165, 1.54) is 6.92 Å². The molecule has 1 N–H and O–H groups in total. The maximum Gasteiger partial charge on any atom is 0.345 e. The van der Waals surface area contributed by atoms with Crippen LogP contribution >= 0.6 is 11.8 Å². The Balaban J connectivity index is 4.02. The molecule has 0 saturated heterocycles. The van der Waals surface area contributed by atoms with Crippen LogP contribution in [0.2, 0.25) is 0 Å². The lowest BCUT2D eigenvalue weighted by molar-refractivity contribution is -0.160. The van der Waals surface area contributed by atoms with Gasteiger partial charge in [0.05, 0.1) is 0 Å². The normalized spacial score (nSPS) is 11.8. The fourth-order valence-electron chi connectivity index (χ4n) is 0.549. The Morgan fingerprint density at radius 2 is 1.92 bits per heavy atom. The van der Waals surface area contributed by atoms with Crippen LogP contribution in [0.5, 0.6) is 0 Å². The quantitative estimate of drug-likeness (QED) is 0.665. The molecular formula is C7H10O5S. The van der Waals surface area contributed by atoms with Gasteiger partial charge in [-0.2, -0.15) is 0 Å². The van der Waals surface area contributed by atoms with Gasteiger partial charge in [-0.25, -0.2) is 4.79 Å². The van der Waals surface area contributed by atoms with Crippen LogP contribution in [0, 0.1) is 0 Å². The van der Waals surface area contributed by atoms with Crippen molar-refractivity contribution in [1.82, 2.24) is 0 Å². The summed E-state index contributed by atoms with van der Waals surface area (Å²) in [6, 6.07) is 0. The smallest absolute Gasteiger partial charge is 0.345 e. The maximum absolute atomic E-state index is 10.5. The first-order valence-electron chi connectivity index (χ1n) is 3.47. The molecule has 0 radical (unpaired) electrons. The van der Waals surface area contributed by atoms with Gasteiger partial charge in [-0.1, -0.05) is 11.8 Å². The van der Waals surface area contributed by atoms with Crippen LogP contribution in [-0.2, 0) is 19.1 Å². The lowest BCUT2D eigenvalue weighted by Gasteiger charge is -2.10. The van der Waals surface area contributed by atoms with Gasteiger partial charge in [-0.05, 0) is 0 Å². The number of ether oxygens (including phenoxy) is 1. The summed E-state index contributed by atoms with van der Waals surface area (Å²) in [5, 5.41) is 8.32. The average Bonchev–Trinajstić information content (AvgIpc) is 1.96. The number of rotatable bonds is 4. The van der Waals surface area contributed by atoms with E-state index in [0.717, 1.165) is 18.7 Å². The molecule has 0 aromatic heterocycles. The summed E-state index contributed by atoms with van der Waals surface area (Å²) in [5.41, 5.74) is 0. The molecule has 1 atom stereocenters. The van der Waals surface area contributed by atoms with Gasteiger partial charge in [-0.15, -0.1) is 0 Å². The number of carbonyl (C=O) groups excluding carboxylic acids is 2. The van der Waals surface area contributed by atoms with E-state index < -0.39 is 18.0 Å². The van der Waals surface area contributed by atoms with Gasteiger partial charge in [-0.3, -0.25) is 9.59 Å². The van der Waals surface area contributed by atoms with Crippen molar-refractivity contribution in [2.45, 2.75) is 20.0 Å². The Kier molecular flexibility index (Phi) is 5.13. The number of thioether (sulfide) groups is 1. The molecule has 0 amide bonds. The van der Waals surface area contributed by atoms with Crippen molar-refractivity contribution in [3.8, 4) is 0 Å². The number of hydrogen-bond donors (Lipinski definition) is 1. The zero-order valence-corrected chi connectivity index (χ0v) is 8.09. The van der Waals surface area contributed by atoms with E-state index >= 15 is 0 Å². The molecule has 1 unspecified atom stereocenters. The first-order valence-corrected chi connectivity index (χ1v) is 4.45. The van der Waals surface area contributed by atoms with Crippen molar-refractivity contribution in [1.29, 1.82) is 0 Å². The van der Waals surface area contributed by atoms with E-state index in [0.29, 0.717) is 0 Å². The van der Waals surface area contributed by atoms with Crippen molar-refractivity contribution in [3.63, 3.8) is 0 Å². The van der Waals surface area contributed by atoms with E-state index in [2.05, 4.69) is 4.74 Å². The van der Waals surface area contributed by atoms with Gasteiger partial charge in [0.15, 0.2) is 5.12 Å². The molecule has 0 aliphatic rings. The second-order valence-corrected chi connectivity index (χ2v) is 3.44. The number of esters is 1. The fourth-order valence-corrected chi connectivity index (χ4v) is 1.15. The first-order chi connectivity index (χ1) is 5.93. The van der Waals surface area contributed by atoms with Crippen molar-refractivity contribution >= 4 is 28.8 Å². The summed E-state index contributed by atoms with van der Waals surface area (Å²) in [7, 11) is 0. The van der Waals surface area contributed by atoms with E-state index in [4.69, 9.17) is 5.11 Å². The summed E-state index contributed by atoms with van der Waals surface area (Å²) in [6.07, 6.45) is -1.24. The predicted octanol–water partition coefficient (Wildman–Crippen LogP) is 0.282. The minimum Gasteiger partial charge on any atom is -0.478 e. The highest BCUT2D eigenvalue weighted by molar-refractivity contribution is 8.13. The van der Waals surface area contributed by atoms with Gasteiger partial charge in [0.1, 0.15) is 0 Å². The molecule has 0 aromatic rings. The van der Waals surface area contributed by atoms with Crippen LogP contribution in [0.1, 0.15) is 13.8 Å². The van der Waals surface area contributed by atoms with Crippen molar-refractivity contribution in [3.05, 3.63) is 0 Å². The third-order valence-electron chi connectivity index (χ3n) is 1.02. The molecule has 0 fully saturated rings. The van der Waals surface area contributed by atoms with Crippen LogP contribution in [0.4, 0.5) is 0 Å². The summed E-state index contributed by atoms with van der Waals surface area (Å²) in [4.78, 5) is 31.4. The molecule has 0 spiro atoms. The minimum atomic E-state index is -1.25. The highest BCUT2D eigenvalue weighted by Gasteiger charge is 2.21. The van der Waals surface area contributed by atoms with Crippen molar-refractivity contribution in [2.75, 3.05) is 5.75 Å². The van der Waals surface area contributed by atoms with Crippen LogP contribution in [0.15, 0.2) is 0 Å². The van der Waals surface area contributed by atoms with Gasteiger partial charge in [0.2, 0.25) is 6.10 Å². The zero-order chi connectivity index (χ0) is 10.4. The number of aliphatic carboxylic acids is 1. The Labute approximate surface area is 79.4 Å². The lowest BCUT2D eigenvalue weighted by Crippen LogP contribution is -2.28. The van der Waals surface area contributed by atoms with E-state index in [1.54, 1.807) is 0 Å². The number of carboxylic acid groups (broad SMARTS) is 1. The largest absolute Gasteiger partial charge is 0.478 e. The van der Waals surface area contributed by atoms with Gasteiger partial charge < -0.3 is 9.84 Å². The molecular weight excluding hydrogens is 196 g/mol. The predicted molar refractivity (Wildman–Crippen MR) is 46.3 cm³/mol. The third kappa shape index (κ3) is 6.15. The highest BCUT2D eigenvalue weighted by atomic mass is 32.2. The monoisotopic (exact) mass is 206 g/mol. The molecule has 0 aromatic carbocycles. The molecule has 74 valence electrons. The van der Waals surface area contributed by atoms with Crippen LogP contribution in [0.25, 0.3) is 0 Å². The van der Waals surface area contributed by atoms with E-state index in [9.17, 15) is 14.4 Å². The van der Waals surface area contributed by atoms with Crippen molar-refractivity contribution in [2.24, 2.45) is 0 Å². The lowest BCUT2D eigenvalue weighted by atomic mass is 10.4. The highest BCUT2D eigenvalue weighted by Crippen LogP contribution is 2.07. The third-order valence-corrected chi connectivity index (χ3v) is 1.90. The molecule has 0 bridgehead atoms. The average molecular weight is 206 g/mol. The van der Waals surface area contributed by atoms with Gasteiger partial charge in [0, 0.05) is 19.6 Å². The number of hydrogen-bond acceptors (Lipinski definition) is 5. The second-order valence-electron chi connectivity index (χ2n) is 2.24. The Morgan fingerprint density at radius 1 is 1.38 bits per heavy atom. The molecule has 0 heterocycles. The molecule has 5 nitrogen and oxygen atoms in total. The summed E-state index contributed by atoms with van der Waals surface area (Å²) in [5.74, 6) is -1.97. The number of carboxylic acids is 1. The molecule has 13 heavy (non-hydrogen) atoms. The summed E-state index contributed by atoms with van der Waals surface area (Å²) >= 11 is 0.813. The van der Waals surface area contributed by atoms with Crippen LogP contribution in [-0.4, -0.2) is 34.0 Å². The maximum atomic E-state index is 10.5. The van der Waals surface area contributed by atoms with Crippen molar-refractivity contribution < 1.29 is 24.2 Å². The Morgan fingerprint density at radius 3 is 2.23 bits per heavy atom. The molecule has 0 rings (SSSR count). The zero-order valence-electron chi connectivity index (χ0n) is 7.27. The standard InChI is InChI=1S/C7H10O5S/c1-4(8)12-6(7(10)11)3-13-5(2)9/h6H,3H2,1-2H3,(H,10,11). The van der Waals surface area contributed by atoms with Crippen LogP contribution < -0.4 is 0 Å². The van der Waals surface area contributed by atoms with Gasteiger partial charge >= 0.3 is 11.9 Å². The van der Waals surface area contributed by atoms with E-state index in [1.807, 2.05) is 0 Å². The topological polar surface area (TPSA) is 80.7 Å². The Bertz CT molecular complexity index is 225. The summed E-state index contributed by atoms with van der Waals surface area (Å²) < 4.78 is 4.45. The summed E-state index contributed by atoms with van der Waals surface area (Å²) in [6.45, 7) is 2.44. The SMILES string of the molecule is CC(=O)OC(CSC(C)=O)C(=O)O. The molecule has 0 aliphatic carbocycles. The first kappa shape index (κ1) is 12.0. The Hall–Kier alpha value is -1.04. The molecule has 6 heteroatoms. The van der Waals surface area contributed by atoms with Crippen LogP contribution in [0.3, 0.4) is 0 Å². The van der Waals surface area contributed by atoms with E-state index in [-0.39, 0.29) is 10.9 Å². The second kappa shape index (κ2) is 5.58. The molecule has 0 aliphatic heterocycles. The van der Waals surface area contributed by atoms with Gasteiger partial charge in [0.25, 0.3) is 0 Å². The fraction of sp³-hybridized carbons (Fsp3) is 0.571. The number of carbonyl (C=O) groups is 3.